The van der Waals surface area contributed by atoms with Gasteiger partial charge in [-0.15, -0.1) is 0 Å². The number of nitrogens with zero attached hydrogens (tertiary/aromatic N) is 2. The molecule has 1 aliphatic heterocycles. The number of hydrogen-bond donors (Lipinski definition) is 2. The Morgan fingerprint density at radius 1 is 1.15 bits per heavy atom. The van der Waals surface area contributed by atoms with Crippen molar-refractivity contribution < 1.29 is 9.53 Å². The standard InChI is InChI=1S/C20H22N4O2/c25-20(22-12-15-10-21-11-15)13-24-18-9-5-4-8-17(18)23-19(24)14-26-16-6-2-1-3-7-16/h1-9,15,21H,10-14H2,(H,22,25). The predicted octanol–water partition coefficient (Wildman–Crippen LogP) is 1.95. The molecule has 26 heavy (non-hydrogen) atoms. The van der Waals surface area contributed by atoms with Crippen molar-refractivity contribution in [1.29, 1.82) is 0 Å². The van der Waals surface area contributed by atoms with Crippen LogP contribution < -0.4 is 15.4 Å². The molecule has 1 amide bonds. The number of para-hydroxylation sites is 3. The summed E-state index contributed by atoms with van der Waals surface area (Å²) in [5.41, 5.74) is 1.81. The number of fused-ring (bicyclic) bond motifs is 1. The molecule has 2 heterocycles. The van der Waals surface area contributed by atoms with Gasteiger partial charge in [0.15, 0.2) is 0 Å². The van der Waals surface area contributed by atoms with Gasteiger partial charge in [-0.3, -0.25) is 4.79 Å². The van der Waals surface area contributed by atoms with Crippen LogP contribution in [0.15, 0.2) is 54.6 Å². The molecule has 1 saturated heterocycles. The fourth-order valence-corrected chi connectivity index (χ4v) is 3.03. The summed E-state index contributed by atoms with van der Waals surface area (Å²) < 4.78 is 7.78. The molecule has 1 fully saturated rings. The highest BCUT2D eigenvalue weighted by atomic mass is 16.5. The molecule has 0 saturated carbocycles. The third-order valence-corrected chi connectivity index (χ3v) is 4.60. The van der Waals surface area contributed by atoms with E-state index in [1.807, 2.05) is 59.2 Å². The number of carbonyl (C=O) groups excluding carboxylic acids is 1. The maximum atomic E-state index is 12.4. The molecule has 1 aliphatic rings. The first-order valence-electron chi connectivity index (χ1n) is 8.89. The molecule has 0 atom stereocenters. The second-order valence-electron chi connectivity index (χ2n) is 6.53. The SMILES string of the molecule is O=C(Cn1c(COc2ccccc2)nc2ccccc21)NCC1CNC1. The van der Waals surface area contributed by atoms with Crippen LogP contribution in [0.3, 0.4) is 0 Å². The van der Waals surface area contributed by atoms with Crippen molar-refractivity contribution in [2.45, 2.75) is 13.2 Å². The largest absolute Gasteiger partial charge is 0.486 e. The quantitative estimate of drug-likeness (QED) is 0.683. The third kappa shape index (κ3) is 3.70. The lowest BCUT2D eigenvalue weighted by molar-refractivity contribution is -0.121. The summed E-state index contributed by atoms with van der Waals surface area (Å²) in [6, 6.07) is 17.5. The summed E-state index contributed by atoms with van der Waals surface area (Å²) in [5.74, 6) is 2.07. The van der Waals surface area contributed by atoms with E-state index in [9.17, 15) is 4.79 Å². The lowest BCUT2D eigenvalue weighted by Gasteiger charge is -2.27. The minimum absolute atomic E-state index is 0.000939. The molecule has 0 bridgehead atoms. The second-order valence-corrected chi connectivity index (χ2v) is 6.53. The minimum Gasteiger partial charge on any atom is -0.486 e. The Balaban J connectivity index is 1.50. The topological polar surface area (TPSA) is 68.2 Å². The number of rotatable bonds is 7. The normalized spacial score (nSPS) is 14.2. The van der Waals surface area contributed by atoms with Crippen LogP contribution in [0.2, 0.25) is 0 Å². The van der Waals surface area contributed by atoms with Crippen LogP contribution in [0.5, 0.6) is 5.75 Å². The molecule has 1 aromatic heterocycles. The Labute approximate surface area is 152 Å². The van der Waals surface area contributed by atoms with E-state index in [0.29, 0.717) is 19.1 Å². The van der Waals surface area contributed by atoms with E-state index in [4.69, 9.17) is 4.74 Å². The summed E-state index contributed by atoms with van der Waals surface area (Å²) in [6.07, 6.45) is 0. The third-order valence-electron chi connectivity index (χ3n) is 4.60. The van der Waals surface area contributed by atoms with Gasteiger partial charge in [-0.1, -0.05) is 30.3 Å². The van der Waals surface area contributed by atoms with Crippen LogP contribution in [0.1, 0.15) is 5.82 Å². The number of ether oxygens (including phenoxy) is 1. The molecular weight excluding hydrogens is 328 g/mol. The average molecular weight is 350 g/mol. The molecule has 2 aromatic carbocycles. The molecule has 3 aromatic rings. The van der Waals surface area contributed by atoms with Crippen molar-refractivity contribution in [2.75, 3.05) is 19.6 Å². The van der Waals surface area contributed by atoms with Crippen LogP contribution in [-0.2, 0) is 17.9 Å². The predicted molar refractivity (Wildman–Crippen MR) is 99.9 cm³/mol. The van der Waals surface area contributed by atoms with Gasteiger partial charge < -0.3 is 19.9 Å². The van der Waals surface area contributed by atoms with Gasteiger partial charge in [-0.25, -0.2) is 4.98 Å². The Bertz CT molecular complexity index is 887. The number of imidazole rings is 1. The van der Waals surface area contributed by atoms with Crippen LogP contribution >= 0.6 is 0 Å². The van der Waals surface area contributed by atoms with Gasteiger partial charge in [0.1, 0.15) is 24.7 Å². The van der Waals surface area contributed by atoms with Crippen molar-refractivity contribution in [2.24, 2.45) is 5.92 Å². The molecular formula is C20H22N4O2. The fraction of sp³-hybridized carbons (Fsp3) is 0.300. The zero-order valence-corrected chi connectivity index (χ0v) is 14.5. The molecule has 6 heteroatoms. The molecule has 0 radical (unpaired) electrons. The number of benzene rings is 2. The van der Waals surface area contributed by atoms with Gasteiger partial charge in [0.2, 0.25) is 5.91 Å². The minimum atomic E-state index is 0.000939. The summed E-state index contributed by atoms with van der Waals surface area (Å²) in [7, 11) is 0. The van der Waals surface area contributed by atoms with Crippen molar-refractivity contribution in [3.63, 3.8) is 0 Å². The monoisotopic (exact) mass is 350 g/mol. The molecule has 6 nitrogen and oxygen atoms in total. The van der Waals surface area contributed by atoms with E-state index in [0.717, 1.165) is 35.7 Å². The molecule has 0 unspecified atom stereocenters. The highest BCUT2D eigenvalue weighted by Gasteiger charge is 2.18. The number of aromatic nitrogens is 2. The van der Waals surface area contributed by atoms with Gasteiger partial charge in [-0.2, -0.15) is 0 Å². The number of hydrogen-bond acceptors (Lipinski definition) is 4. The highest BCUT2D eigenvalue weighted by Crippen LogP contribution is 2.18. The maximum Gasteiger partial charge on any atom is 0.240 e. The van der Waals surface area contributed by atoms with Crippen molar-refractivity contribution in [3.8, 4) is 5.75 Å². The first-order valence-corrected chi connectivity index (χ1v) is 8.89. The number of carbonyl (C=O) groups is 1. The summed E-state index contributed by atoms with van der Waals surface area (Å²) >= 11 is 0. The Hall–Kier alpha value is -2.86. The van der Waals surface area contributed by atoms with E-state index in [1.54, 1.807) is 0 Å². The first kappa shape index (κ1) is 16.6. The van der Waals surface area contributed by atoms with Gasteiger partial charge >= 0.3 is 0 Å². The van der Waals surface area contributed by atoms with Gasteiger partial charge in [-0.05, 0) is 24.3 Å². The van der Waals surface area contributed by atoms with E-state index in [-0.39, 0.29) is 12.5 Å². The molecule has 0 spiro atoms. The average Bonchev–Trinajstić information content (AvgIpc) is 2.97. The van der Waals surface area contributed by atoms with Crippen molar-refractivity contribution in [1.82, 2.24) is 20.2 Å². The van der Waals surface area contributed by atoms with Crippen molar-refractivity contribution in [3.05, 3.63) is 60.4 Å². The zero-order chi connectivity index (χ0) is 17.8. The summed E-state index contributed by atoms with van der Waals surface area (Å²) in [5, 5.41) is 6.23. The van der Waals surface area contributed by atoms with Crippen molar-refractivity contribution >= 4 is 16.9 Å². The zero-order valence-electron chi connectivity index (χ0n) is 14.5. The Morgan fingerprint density at radius 2 is 1.92 bits per heavy atom. The highest BCUT2D eigenvalue weighted by molar-refractivity contribution is 5.81. The fourth-order valence-electron chi connectivity index (χ4n) is 3.03. The van der Waals surface area contributed by atoms with E-state index in [1.165, 1.54) is 0 Å². The van der Waals surface area contributed by atoms with E-state index >= 15 is 0 Å². The molecule has 0 aliphatic carbocycles. The lowest BCUT2D eigenvalue weighted by Crippen LogP contribution is -2.48. The Morgan fingerprint density at radius 3 is 2.69 bits per heavy atom. The van der Waals surface area contributed by atoms with Gasteiger partial charge in [0.25, 0.3) is 0 Å². The molecule has 4 rings (SSSR count). The number of nitrogens with one attached hydrogen (secondary N) is 2. The molecule has 2 N–H and O–H groups in total. The van der Waals surface area contributed by atoms with E-state index in [2.05, 4.69) is 15.6 Å². The smallest absolute Gasteiger partial charge is 0.240 e. The van der Waals surface area contributed by atoms with Crippen LogP contribution in [-0.4, -0.2) is 35.1 Å². The van der Waals surface area contributed by atoms with Gasteiger partial charge in [0.05, 0.1) is 11.0 Å². The second kappa shape index (κ2) is 7.58. The van der Waals surface area contributed by atoms with Crippen LogP contribution in [0.25, 0.3) is 11.0 Å². The molecule has 134 valence electrons. The summed E-state index contributed by atoms with van der Waals surface area (Å²) in [4.78, 5) is 17.1. The van der Waals surface area contributed by atoms with Crippen LogP contribution in [0.4, 0.5) is 0 Å². The first-order chi connectivity index (χ1) is 12.8. The van der Waals surface area contributed by atoms with Gasteiger partial charge in [0, 0.05) is 25.6 Å². The summed E-state index contributed by atoms with van der Waals surface area (Å²) in [6.45, 7) is 3.23. The number of amides is 1. The maximum absolute atomic E-state index is 12.4. The Kier molecular flexibility index (Phi) is 4.84. The van der Waals surface area contributed by atoms with Crippen LogP contribution in [0, 0.1) is 5.92 Å². The lowest BCUT2D eigenvalue weighted by atomic mass is 10.0. The van der Waals surface area contributed by atoms with E-state index < -0.39 is 0 Å².